The minimum absolute atomic E-state index is 0.0270. The molecule has 0 aliphatic heterocycles. The van der Waals surface area contributed by atoms with Crippen LogP contribution in [0.25, 0.3) is 10.2 Å². The van der Waals surface area contributed by atoms with Crippen molar-refractivity contribution in [2.75, 3.05) is 18.9 Å². The lowest BCUT2D eigenvalue weighted by Gasteiger charge is -2.18. The molecule has 1 aromatic carbocycles. The Bertz CT molecular complexity index is 876. The van der Waals surface area contributed by atoms with Crippen LogP contribution in [-0.2, 0) is 17.8 Å². The predicted molar refractivity (Wildman–Crippen MR) is 103 cm³/mol. The van der Waals surface area contributed by atoms with E-state index >= 15 is 0 Å². The van der Waals surface area contributed by atoms with E-state index in [9.17, 15) is 4.79 Å². The fourth-order valence-electron chi connectivity index (χ4n) is 2.63. The van der Waals surface area contributed by atoms with Crippen LogP contribution in [0.2, 0.25) is 0 Å². The van der Waals surface area contributed by atoms with Crippen molar-refractivity contribution in [3.05, 3.63) is 52.7 Å². The molecule has 0 aliphatic rings. The minimum Gasteiger partial charge on any atom is -0.360 e. The van der Waals surface area contributed by atoms with Crippen molar-refractivity contribution in [1.29, 1.82) is 0 Å². The fraction of sp³-hybridized carbons (Fsp3) is 0.316. The first kappa shape index (κ1) is 17.4. The second-order valence-corrected chi connectivity index (χ2v) is 7.11. The number of aryl methyl sites for hydroxylation is 2. The molecule has 0 bridgehead atoms. The standard InChI is InChI=1S/C19H22N4OS/c1-4-15-10-16-18(21-13(2)22-19(16)25-15)20-11-17(24)23(3)12-14-8-6-5-7-9-14/h5-10H,4,11-12H2,1-3H3,(H,20,21,22). The smallest absolute Gasteiger partial charge is 0.241 e. The molecule has 0 spiro atoms. The summed E-state index contributed by atoms with van der Waals surface area (Å²) in [5.74, 6) is 1.48. The van der Waals surface area contributed by atoms with E-state index in [1.54, 1.807) is 16.2 Å². The molecule has 2 aromatic heterocycles. The lowest BCUT2D eigenvalue weighted by molar-refractivity contribution is -0.128. The molecule has 0 aliphatic carbocycles. The molecule has 0 saturated heterocycles. The van der Waals surface area contributed by atoms with Gasteiger partial charge >= 0.3 is 0 Å². The second kappa shape index (κ2) is 7.61. The van der Waals surface area contributed by atoms with Crippen molar-refractivity contribution in [2.24, 2.45) is 0 Å². The van der Waals surface area contributed by atoms with Crippen molar-refractivity contribution in [3.63, 3.8) is 0 Å². The Morgan fingerprint density at radius 1 is 1.24 bits per heavy atom. The molecule has 3 rings (SSSR count). The lowest BCUT2D eigenvalue weighted by Crippen LogP contribution is -2.32. The molecule has 3 aromatic rings. The van der Waals surface area contributed by atoms with Crippen LogP contribution in [0, 0.1) is 6.92 Å². The number of carbonyl (C=O) groups is 1. The number of benzene rings is 1. The number of rotatable bonds is 6. The van der Waals surface area contributed by atoms with E-state index in [4.69, 9.17) is 0 Å². The normalized spacial score (nSPS) is 10.8. The van der Waals surface area contributed by atoms with Gasteiger partial charge in [-0.1, -0.05) is 37.3 Å². The number of nitrogens with zero attached hydrogens (tertiary/aromatic N) is 3. The number of anilines is 1. The van der Waals surface area contributed by atoms with E-state index in [0.717, 1.165) is 28.0 Å². The van der Waals surface area contributed by atoms with Gasteiger partial charge in [0.05, 0.1) is 11.9 Å². The third-order valence-corrected chi connectivity index (χ3v) is 5.17. The summed E-state index contributed by atoms with van der Waals surface area (Å²) in [6.07, 6.45) is 0.970. The topological polar surface area (TPSA) is 58.1 Å². The third kappa shape index (κ3) is 4.14. The average Bonchev–Trinajstić information content (AvgIpc) is 3.03. The SMILES string of the molecule is CCc1cc2c(NCC(=O)N(C)Cc3ccccc3)nc(C)nc2s1. The molecule has 0 saturated carbocycles. The summed E-state index contributed by atoms with van der Waals surface area (Å²) in [7, 11) is 1.82. The van der Waals surface area contributed by atoms with E-state index in [1.807, 2.05) is 44.3 Å². The number of thiophene rings is 1. The van der Waals surface area contributed by atoms with Crippen molar-refractivity contribution < 1.29 is 4.79 Å². The molecular weight excluding hydrogens is 332 g/mol. The van der Waals surface area contributed by atoms with Gasteiger partial charge in [-0.15, -0.1) is 11.3 Å². The molecule has 130 valence electrons. The van der Waals surface area contributed by atoms with E-state index in [-0.39, 0.29) is 12.5 Å². The number of hydrogen-bond donors (Lipinski definition) is 1. The average molecular weight is 354 g/mol. The lowest BCUT2D eigenvalue weighted by atomic mass is 10.2. The van der Waals surface area contributed by atoms with Crippen LogP contribution in [0.1, 0.15) is 23.2 Å². The molecule has 1 amide bonds. The minimum atomic E-state index is 0.0270. The molecule has 6 heteroatoms. The van der Waals surface area contributed by atoms with Crippen LogP contribution in [0.4, 0.5) is 5.82 Å². The van der Waals surface area contributed by atoms with E-state index in [1.165, 1.54) is 4.88 Å². The molecule has 0 unspecified atom stereocenters. The van der Waals surface area contributed by atoms with Gasteiger partial charge < -0.3 is 10.2 Å². The Balaban J connectivity index is 1.69. The van der Waals surface area contributed by atoms with Crippen molar-refractivity contribution >= 4 is 33.3 Å². The van der Waals surface area contributed by atoms with Crippen LogP contribution < -0.4 is 5.32 Å². The first-order chi connectivity index (χ1) is 12.1. The fourth-order valence-corrected chi connectivity index (χ4v) is 3.64. The zero-order chi connectivity index (χ0) is 17.8. The van der Waals surface area contributed by atoms with Crippen LogP contribution >= 0.6 is 11.3 Å². The Morgan fingerprint density at radius 3 is 2.72 bits per heavy atom. The second-order valence-electron chi connectivity index (χ2n) is 5.99. The molecule has 0 radical (unpaired) electrons. The van der Waals surface area contributed by atoms with Gasteiger partial charge in [0.25, 0.3) is 0 Å². The van der Waals surface area contributed by atoms with Gasteiger partial charge in [0.1, 0.15) is 16.5 Å². The van der Waals surface area contributed by atoms with Gasteiger partial charge in [0.2, 0.25) is 5.91 Å². The molecule has 25 heavy (non-hydrogen) atoms. The highest BCUT2D eigenvalue weighted by Gasteiger charge is 2.13. The number of carbonyl (C=O) groups excluding carboxylic acids is 1. The van der Waals surface area contributed by atoms with Gasteiger partial charge in [-0.05, 0) is 25.0 Å². The highest BCUT2D eigenvalue weighted by molar-refractivity contribution is 7.18. The number of likely N-dealkylation sites (N-methyl/N-ethyl adjacent to an activating group) is 1. The van der Waals surface area contributed by atoms with E-state index in [2.05, 4.69) is 28.3 Å². The molecule has 1 N–H and O–H groups in total. The molecule has 2 heterocycles. The van der Waals surface area contributed by atoms with Crippen molar-refractivity contribution in [1.82, 2.24) is 14.9 Å². The summed E-state index contributed by atoms with van der Waals surface area (Å²) in [6, 6.07) is 12.1. The maximum atomic E-state index is 12.4. The summed E-state index contributed by atoms with van der Waals surface area (Å²) < 4.78 is 0. The van der Waals surface area contributed by atoms with Gasteiger partial charge in [0, 0.05) is 18.5 Å². The van der Waals surface area contributed by atoms with Crippen LogP contribution in [0.15, 0.2) is 36.4 Å². The Hall–Kier alpha value is -2.47. The predicted octanol–water partition coefficient (Wildman–Crippen LogP) is 3.63. The van der Waals surface area contributed by atoms with Crippen molar-refractivity contribution in [3.8, 4) is 0 Å². The summed E-state index contributed by atoms with van der Waals surface area (Å²) >= 11 is 1.68. The maximum absolute atomic E-state index is 12.4. The Kier molecular flexibility index (Phi) is 5.28. The first-order valence-electron chi connectivity index (χ1n) is 8.35. The highest BCUT2D eigenvalue weighted by atomic mass is 32.1. The number of fused-ring (bicyclic) bond motifs is 1. The van der Waals surface area contributed by atoms with Crippen molar-refractivity contribution in [2.45, 2.75) is 26.8 Å². The Morgan fingerprint density at radius 2 is 2.00 bits per heavy atom. The number of amides is 1. The van der Waals surface area contributed by atoms with E-state index in [0.29, 0.717) is 12.4 Å². The summed E-state index contributed by atoms with van der Waals surface area (Å²) in [4.78, 5) is 25.4. The number of hydrogen-bond acceptors (Lipinski definition) is 5. The van der Waals surface area contributed by atoms with Gasteiger partial charge in [-0.3, -0.25) is 4.79 Å². The molecule has 5 nitrogen and oxygen atoms in total. The zero-order valence-corrected chi connectivity index (χ0v) is 15.6. The monoisotopic (exact) mass is 354 g/mol. The molecular formula is C19H22N4OS. The summed E-state index contributed by atoms with van der Waals surface area (Å²) in [5, 5.41) is 4.19. The third-order valence-electron chi connectivity index (χ3n) is 4.00. The van der Waals surface area contributed by atoms with Gasteiger partial charge in [0.15, 0.2) is 0 Å². The maximum Gasteiger partial charge on any atom is 0.241 e. The van der Waals surface area contributed by atoms with Gasteiger partial charge in [-0.2, -0.15) is 0 Å². The first-order valence-corrected chi connectivity index (χ1v) is 9.17. The molecule has 0 fully saturated rings. The zero-order valence-electron chi connectivity index (χ0n) is 14.7. The summed E-state index contributed by atoms with van der Waals surface area (Å²) in [6.45, 7) is 4.81. The molecule has 0 atom stereocenters. The number of aromatic nitrogens is 2. The Labute approximate surface area is 151 Å². The van der Waals surface area contributed by atoms with Crippen LogP contribution in [-0.4, -0.2) is 34.4 Å². The van der Waals surface area contributed by atoms with Gasteiger partial charge in [-0.25, -0.2) is 9.97 Å². The van der Waals surface area contributed by atoms with E-state index < -0.39 is 0 Å². The largest absolute Gasteiger partial charge is 0.360 e. The van der Waals surface area contributed by atoms with Crippen LogP contribution in [0.5, 0.6) is 0 Å². The highest BCUT2D eigenvalue weighted by Crippen LogP contribution is 2.29. The van der Waals surface area contributed by atoms with Crippen LogP contribution in [0.3, 0.4) is 0 Å². The number of nitrogens with one attached hydrogen (secondary N) is 1. The quantitative estimate of drug-likeness (QED) is 0.734. The summed E-state index contributed by atoms with van der Waals surface area (Å²) in [5.41, 5.74) is 1.11.